The third-order valence-corrected chi connectivity index (χ3v) is 22.6. The molecule has 10 N–H and O–H groups in total. The van der Waals surface area contributed by atoms with E-state index in [0.717, 1.165) is 10.5 Å². The molecule has 14 bridgehead atoms. The monoisotopic (exact) mass is 1750 g/mol. The second-order valence-electron chi connectivity index (χ2n) is 32.7. The molecular weight excluding hydrogens is 1640 g/mol. The number of esters is 1. The molecule has 8 heterocycles. The van der Waals surface area contributed by atoms with Crippen LogP contribution in [-0.4, -0.2) is 287 Å². The Labute approximate surface area is 718 Å². The number of aromatic nitrogens is 4. The molecule has 12 amide bonds. The Hall–Kier alpha value is -12.0. The van der Waals surface area contributed by atoms with Crippen LogP contribution in [-0.2, 0) is 133 Å². The predicted molar refractivity (Wildman–Crippen MR) is 437 cm³/mol. The normalized spacial score (nSPS) is 23.4. The van der Waals surface area contributed by atoms with E-state index in [2.05, 4.69) is 62.9 Å². The van der Waals surface area contributed by atoms with Crippen molar-refractivity contribution < 1.29 is 113 Å². The maximum atomic E-state index is 16.3. The lowest BCUT2D eigenvalue weighted by Gasteiger charge is -2.37. The Balaban J connectivity index is 0.950. The second-order valence-corrected chi connectivity index (χ2v) is 32.7. The first kappa shape index (κ1) is 93.7. The average molecular weight is 1750 g/mol. The number of hydrogen-bond acceptors (Lipinski definition) is 21. The van der Waals surface area contributed by atoms with Gasteiger partial charge in [0.15, 0.2) is 0 Å². The van der Waals surface area contributed by atoms with E-state index in [1.807, 2.05) is 24.3 Å². The zero-order chi connectivity index (χ0) is 89.9. The summed E-state index contributed by atoms with van der Waals surface area (Å²) in [6, 6.07) is 12.8. The Kier molecular flexibility index (Phi) is 31.9. The summed E-state index contributed by atoms with van der Waals surface area (Å²) in [4.78, 5) is 194. The minimum Gasteiger partial charge on any atom is -0.497 e. The third-order valence-electron chi connectivity index (χ3n) is 22.6. The van der Waals surface area contributed by atoms with Crippen molar-refractivity contribution in [3.05, 3.63) is 148 Å². The van der Waals surface area contributed by atoms with Gasteiger partial charge in [-0.25, -0.2) is 9.18 Å². The maximum Gasteiger partial charge on any atom is 0.491 e. The predicted octanol–water partition coefficient (Wildman–Crippen LogP) is 0.327. The van der Waals surface area contributed by atoms with Crippen LogP contribution in [0.1, 0.15) is 105 Å². The van der Waals surface area contributed by atoms with Gasteiger partial charge in [-0.2, -0.15) is 13.2 Å². The first-order chi connectivity index (χ1) is 59.6. The van der Waals surface area contributed by atoms with E-state index in [9.17, 15) is 56.6 Å². The number of nitrogens with one attached hydrogen (secondary N) is 9. The van der Waals surface area contributed by atoms with E-state index >= 15 is 28.4 Å². The number of alkyl halides is 3. The number of aliphatic hydroxyl groups excluding tert-OH is 1. The molecular formula is C85H108F4N17O19+. The number of amides is 12. The highest BCUT2D eigenvalue weighted by Gasteiger charge is 2.50. The molecule has 4 aromatic carbocycles. The lowest BCUT2D eigenvalue weighted by atomic mass is 9.95. The zero-order valence-corrected chi connectivity index (χ0v) is 70.5. The van der Waals surface area contributed by atoms with Gasteiger partial charge in [-0.1, -0.05) is 65.9 Å². The van der Waals surface area contributed by atoms with Crippen molar-refractivity contribution in [3.63, 3.8) is 0 Å². The van der Waals surface area contributed by atoms with Gasteiger partial charge >= 0.3 is 12.1 Å². The molecule has 0 radical (unpaired) electrons. The highest BCUT2D eigenvalue weighted by molar-refractivity contribution is 6.00. The fourth-order valence-corrected chi connectivity index (χ4v) is 15.6. The SMILES string of the molecule is COc1ccc(C[C@@H]2NC(=O)[C@H]([C@@H](C)O)NC(=O)C3[C@@H]4CCN3C(=O)[C@@H]3Cc5cn(c6ccc(F)cc56)Cc5cn(nn5)CCN(Cc5ccc(cc5)CCNC(=O)C5(C)CCCN5C2=O)C(=O)CCCC(=O)N[C@@H](CNC(=O)CCOCCOCC[N+](C)(C)COC(=O)C(F)(F)F)C(=O)N[C@H](C)C(=O)NC(Cc2cccc(c2)CNC(=O)CO4)C(=O)N3)cc1. The summed E-state index contributed by atoms with van der Waals surface area (Å²) in [5.74, 6) is -12.3. The number of carbonyl (C=O) groups is 13. The molecule has 0 aliphatic carbocycles. The van der Waals surface area contributed by atoms with Crippen LogP contribution in [0, 0.1) is 5.82 Å². The number of aliphatic hydroxyl groups is 1. The van der Waals surface area contributed by atoms with Crippen molar-refractivity contribution in [2.45, 2.75) is 184 Å². The summed E-state index contributed by atoms with van der Waals surface area (Å²) < 4.78 is 84.3. The zero-order valence-electron chi connectivity index (χ0n) is 70.5. The number of rotatable bonds is 17. The van der Waals surface area contributed by atoms with Crippen molar-refractivity contribution >= 4 is 87.8 Å². The average Bonchev–Trinajstić information content (AvgIpc) is 1.66. The van der Waals surface area contributed by atoms with E-state index in [-0.39, 0.29) is 158 Å². The summed E-state index contributed by atoms with van der Waals surface area (Å²) in [6.07, 6.45) is -6.03. The van der Waals surface area contributed by atoms with Crippen molar-refractivity contribution in [3.8, 4) is 5.75 Å². The number of carbonyl (C=O) groups excluding carboxylic acids is 13. The summed E-state index contributed by atoms with van der Waals surface area (Å²) >= 11 is 0. The molecule has 2 aromatic heterocycles. The second kappa shape index (κ2) is 42.6. The van der Waals surface area contributed by atoms with Gasteiger partial charge < -0.3 is 95.9 Å². The minimum absolute atomic E-state index is 0.000398. The number of quaternary nitrogens is 1. The molecule has 0 spiro atoms. The largest absolute Gasteiger partial charge is 0.497 e. The van der Waals surface area contributed by atoms with Gasteiger partial charge in [0.2, 0.25) is 77.6 Å². The lowest BCUT2D eigenvalue weighted by Crippen LogP contribution is -2.64. The number of nitrogens with zero attached hydrogens (tertiary/aromatic N) is 8. The molecule has 36 nitrogen and oxygen atoms in total. The first-order valence-corrected chi connectivity index (χ1v) is 41.6. The van der Waals surface area contributed by atoms with Crippen molar-refractivity contribution in [2.75, 3.05) is 100 Å². The van der Waals surface area contributed by atoms with Crippen molar-refractivity contribution in [2.24, 2.45) is 0 Å². The number of halogens is 4. The summed E-state index contributed by atoms with van der Waals surface area (Å²) in [7, 11) is 4.53. The van der Waals surface area contributed by atoms with Gasteiger partial charge in [0.1, 0.15) is 78.2 Å². The van der Waals surface area contributed by atoms with Gasteiger partial charge in [0.05, 0.1) is 79.1 Å². The molecule has 10 atom stereocenters. The molecule has 2 saturated heterocycles. The van der Waals surface area contributed by atoms with Crippen LogP contribution in [0.3, 0.4) is 0 Å². The minimum atomic E-state index is -5.16. The number of methoxy groups -OCH3 is 1. The van der Waals surface area contributed by atoms with E-state index in [0.29, 0.717) is 52.1 Å². The molecule has 40 heteroatoms. The highest BCUT2D eigenvalue weighted by atomic mass is 19.4. The number of hydrogen-bond donors (Lipinski definition) is 10. The van der Waals surface area contributed by atoms with Crippen molar-refractivity contribution in [1.29, 1.82) is 0 Å². The van der Waals surface area contributed by atoms with Gasteiger partial charge in [0.25, 0.3) is 0 Å². The number of likely N-dealkylation sites (N-methyl/N-ethyl adjacent to an activating group) is 1. The topological polar surface area (TPSA) is 442 Å². The number of ether oxygens (including phenoxy) is 5. The number of benzene rings is 4. The standard InChI is InChI=1S/C85H107F4N17O19/c1-51-75(112)95-63-40-56-10-7-11-57(38-56)43-91-71(110)49-124-68-25-30-104-74(68)79(116)98-73(52(2)107)78(115)97-64(39-54-18-21-61(121-6)22-19-54)81(118)105-29-9-27-84(105,3)82(119)90-28-24-53-14-16-55(17-15-53)45-101(31-32-103-48-60(99-100-103)47-102-46-58(41-65(80(104)117)96-76(63)113)62-42-59(86)20-23-67(62)102)72(111)13-8-12-70(109)94-66(77(114)93-51)44-92-69(108)26-34-122-36-37-123-35-33-106(4,5)50-125-83(120)85(87,88)89/h7,10-11,14-23,38,42,46,48,51-52,63-66,68,73-74,107H,8-9,12-13,24-37,39-41,43-45,47,49-50H2,1-6H3,(H8-,90,91,92,93,94,95,96,97,98,108,109,110,112,113,114,115,116,119)/p+1/t51-,52-,63?,64+,65+,66+,68+,73+,74?,84?/m1/s1. The van der Waals surface area contributed by atoms with Gasteiger partial charge in [-0.05, 0) is 117 Å². The smallest absolute Gasteiger partial charge is 0.491 e. The van der Waals surface area contributed by atoms with Gasteiger partial charge in [-0.15, -0.1) is 5.10 Å². The summed E-state index contributed by atoms with van der Waals surface area (Å²) in [5, 5.41) is 45.4. The molecule has 125 heavy (non-hydrogen) atoms. The van der Waals surface area contributed by atoms with Crippen molar-refractivity contribution in [1.82, 2.24) is 82.1 Å². The fourth-order valence-electron chi connectivity index (χ4n) is 15.6. The lowest BCUT2D eigenvalue weighted by molar-refractivity contribution is -0.907. The van der Waals surface area contributed by atoms with Gasteiger partial charge in [-0.3, -0.25) is 66.7 Å². The molecule has 2 fully saturated rings. The molecule has 6 aliphatic rings. The van der Waals surface area contributed by atoms with Crippen LogP contribution in [0.2, 0.25) is 0 Å². The van der Waals surface area contributed by atoms with Gasteiger partial charge in [0, 0.05) is 101 Å². The van der Waals surface area contributed by atoms with E-state index in [1.54, 1.807) is 77.3 Å². The number of fused-ring (bicyclic) bond motifs is 16. The Bertz CT molecular complexity index is 4890. The molecule has 0 saturated carbocycles. The Morgan fingerprint density at radius 1 is 0.712 bits per heavy atom. The van der Waals surface area contributed by atoms with Crippen LogP contribution in [0.5, 0.6) is 5.75 Å². The van der Waals surface area contributed by atoms with Crippen LogP contribution in [0.4, 0.5) is 17.6 Å². The van der Waals surface area contributed by atoms with Crippen LogP contribution in [0.15, 0.2) is 103 Å². The third kappa shape index (κ3) is 25.6. The Morgan fingerprint density at radius 3 is 2.19 bits per heavy atom. The molecule has 674 valence electrons. The highest BCUT2D eigenvalue weighted by Crippen LogP contribution is 2.33. The maximum absolute atomic E-state index is 16.3. The molecule has 3 unspecified atom stereocenters. The fraction of sp³-hybridized carbons (Fsp3) is 0.518. The van der Waals surface area contributed by atoms with E-state index in [4.69, 9.17) is 18.9 Å². The van der Waals surface area contributed by atoms with E-state index < -0.39 is 169 Å². The first-order valence-electron chi connectivity index (χ1n) is 41.6. The summed E-state index contributed by atoms with van der Waals surface area (Å²) in [6.45, 7) is 2.22. The van der Waals surface area contributed by atoms with E-state index in [1.165, 1.54) is 62.8 Å². The quantitative estimate of drug-likeness (QED) is 0.0193. The Morgan fingerprint density at radius 2 is 1.45 bits per heavy atom. The molecule has 6 aromatic rings. The summed E-state index contributed by atoms with van der Waals surface area (Å²) in [5.41, 5.74) is 2.55. The van der Waals surface area contributed by atoms with Crippen LogP contribution >= 0.6 is 0 Å². The van der Waals surface area contributed by atoms with Crippen LogP contribution < -0.4 is 52.6 Å². The molecule has 6 aliphatic heterocycles. The van der Waals surface area contributed by atoms with Crippen LogP contribution in [0.25, 0.3) is 10.9 Å². The molecule has 12 rings (SSSR count).